The number of hydrogen-bond donors (Lipinski definition) is 0. The van der Waals surface area contributed by atoms with E-state index in [0.29, 0.717) is 0 Å². The Morgan fingerprint density at radius 3 is 2.60 bits per heavy atom. The monoisotopic (exact) mass is 334 g/mol. The minimum absolute atomic E-state index is 0.217. The second-order valence-electron chi connectivity index (χ2n) is 6.29. The van der Waals surface area contributed by atoms with Crippen molar-refractivity contribution in [2.75, 3.05) is 25.0 Å². The van der Waals surface area contributed by atoms with E-state index in [-0.39, 0.29) is 5.82 Å². The Hall–Kier alpha value is -2.79. The molecule has 1 aliphatic heterocycles. The van der Waals surface area contributed by atoms with E-state index in [4.69, 9.17) is 0 Å². The summed E-state index contributed by atoms with van der Waals surface area (Å²) in [6, 6.07) is 14.8. The molecule has 1 aliphatic rings. The average molecular weight is 334 g/mol. The number of anilines is 2. The number of fused-ring (bicyclic) bond motifs is 1. The van der Waals surface area contributed by atoms with Crippen LogP contribution in [0, 0.1) is 5.82 Å². The van der Waals surface area contributed by atoms with Crippen LogP contribution >= 0.6 is 0 Å². The molecule has 4 rings (SSSR count). The Morgan fingerprint density at radius 2 is 1.80 bits per heavy atom. The molecule has 2 heterocycles. The maximum Gasteiger partial charge on any atom is 0.159 e. The van der Waals surface area contributed by atoms with Crippen molar-refractivity contribution in [3.8, 4) is 11.4 Å². The van der Waals surface area contributed by atoms with Gasteiger partial charge in [-0.15, -0.1) is 0 Å². The van der Waals surface area contributed by atoms with Crippen LogP contribution in [-0.4, -0.2) is 35.0 Å². The zero-order valence-corrected chi connectivity index (χ0v) is 14.1. The second kappa shape index (κ2) is 6.61. The molecule has 126 valence electrons. The smallest absolute Gasteiger partial charge is 0.159 e. The molecule has 4 nitrogen and oxygen atoms in total. The van der Waals surface area contributed by atoms with Gasteiger partial charge >= 0.3 is 0 Å². The van der Waals surface area contributed by atoms with Crippen molar-refractivity contribution in [1.29, 1.82) is 0 Å². The van der Waals surface area contributed by atoms with Crippen LogP contribution in [0.1, 0.15) is 5.56 Å². The molecule has 0 bridgehead atoms. The third-order valence-electron chi connectivity index (χ3n) is 4.46. The molecule has 5 heteroatoms. The minimum atomic E-state index is -0.217. The van der Waals surface area contributed by atoms with E-state index in [1.165, 1.54) is 11.6 Å². The van der Waals surface area contributed by atoms with Crippen molar-refractivity contribution in [1.82, 2.24) is 14.9 Å². The van der Waals surface area contributed by atoms with Gasteiger partial charge in [-0.2, -0.15) is 0 Å². The summed E-state index contributed by atoms with van der Waals surface area (Å²) in [6.45, 7) is 2.55. The van der Waals surface area contributed by atoms with Crippen molar-refractivity contribution < 1.29 is 4.39 Å². The summed E-state index contributed by atoms with van der Waals surface area (Å²) in [5.41, 5.74) is 4.16. The summed E-state index contributed by atoms with van der Waals surface area (Å²) in [5, 5.41) is 0. The Morgan fingerprint density at radius 1 is 0.960 bits per heavy atom. The van der Waals surface area contributed by atoms with Gasteiger partial charge in [-0.05, 0) is 55.1 Å². The maximum absolute atomic E-state index is 13.7. The zero-order valence-electron chi connectivity index (χ0n) is 14.1. The molecular weight excluding hydrogens is 315 g/mol. The average Bonchev–Trinajstić information content (AvgIpc) is 2.80. The lowest BCUT2D eigenvalue weighted by molar-refractivity contribution is 0.343. The van der Waals surface area contributed by atoms with E-state index >= 15 is 0 Å². The van der Waals surface area contributed by atoms with Crippen molar-refractivity contribution in [2.24, 2.45) is 0 Å². The number of benzene rings is 2. The van der Waals surface area contributed by atoms with Gasteiger partial charge in [0.2, 0.25) is 0 Å². The van der Waals surface area contributed by atoms with E-state index in [1.54, 1.807) is 24.5 Å². The van der Waals surface area contributed by atoms with Gasteiger partial charge in [-0.3, -0.25) is 0 Å². The fourth-order valence-electron chi connectivity index (χ4n) is 3.24. The Kier molecular flexibility index (Phi) is 4.15. The standard InChI is InChI=1S/C20H19FN4/c1-24-10-11-25(18-5-2-4-17(21)13-18)19-7-6-15(12-16(19)14-24)20-22-8-3-9-23-20/h2-9,12-13H,10-11,14H2,1H3. The first-order chi connectivity index (χ1) is 12.2. The van der Waals surface area contributed by atoms with Gasteiger partial charge in [0.1, 0.15) is 5.82 Å². The normalized spacial score (nSPS) is 14.9. The third-order valence-corrected chi connectivity index (χ3v) is 4.46. The van der Waals surface area contributed by atoms with Gasteiger partial charge in [0.25, 0.3) is 0 Å². The first-order valence-corrected chi connectivity index (χ1v) is 8.33. The lowest BCUT2D eigenvalue weighted by Gasteiger charge is -2.25. The highest BCUT2D eigenvalue weighted by atomic mass is 19.1. The molecule has 3 aromatic rings. The highest BCUT2D eigenvalue weighted by Gasteiger charge is 2.20. The molecule has 2 aromatic carbocycles. The van der Waals surface area contributed by atoms with Gasteiger partial charge < -0.3 is 9.80 Å². The molecule has 0 saturated carbocycles. The van der Waals surface area contributed by atoms with Gasteiger partial charge in [0, 0.05) is 49.0 Å². The first kappa shape index (κ1) is 15.7. The molecule has 0 saturated heterocycles. The van der Waals surface area contributed by atoms with Crippen LogP contribution in [0.5, 0.6) is 0 Å². The zero-order chi connectivity index (χ0) is 17.2. The molecule has 0 unspecified atom stereocenters. The summed E-state index contributed by atoms with van der Waals surface area (Å²) >= 11 is 0. The number of hydrogen-bond acceptors (Lipinski definition) is 4. The quantitative estimate of drug-likeness (QED) is 0.712. The Labute approximate surface area is 146 Å². The van der Waals surface area contributed by atoms with Crippen LogP contribution in [0.15, 0.2) is 60.9 Å². The molecule has 0 atom stereocenters. The molecule has 0 N–H and O–H groups in total. The minimum Gasteiger partial charge on any atom is -0.340 e. The van der Waals surface area contributed by atoms with Crippen molar-refractivity contribution in [3.05, 3.63) is 72.3 Å². The number of halogens is 1. The van der Waals surface area contributed by atoms with Crippen LogP contribution in [0.25, 0.3) is 11.4 Å². The second-order valence-corrected chi connectivity index (χ2v) is 6.29. The Bertz CT molecular complexity index is 882. The molecule has 1 aromatic heterocycles. The number of nitrogens with zero attached hydrogens (tertiary/aromatic N) is 4. The molecule has 0 spiro atoms. The SMILES string of the molecule is CN1CCN(c2cccc(F)c2)c2ccc(-c3ncccn3)cc2C1. The summed E-state index contributed by atoms with van der Waals surface area (Å²) in [5.74, 6) is 0.500. The summed E-state index contributed by atoms with van der Waals surface area (Å²) < 4.78 is 13.7. The lowest BCUT2D eigenvalue weighted by Crippen LogP contribution is -2.26. The fraction of sp³-hybridized carbons (Fsp3) is 0.200. The van der Waals surface area contributed by atoms with Gasteiger partial charge in [-0.1, -0.05) is 6.07 Å². The van der Waals surface area contributed by atoms with Crippen LogP contribution in [0.2, 0.25) is 0 Å². The van der Waals surface area contributed by atoms with Gasteiger partial charge in [0.15, 0.2) is 5.82 Å². The van der Waals surface area contributed by atoms with E-state index in [1.807, 2.05) is 18.2 Å². The van der Waals surface area contributed by atoms with E-state index < -0.39 is 0 Å². The van der Waals surface area contributed by atoms with Gasteiger partial charge in [0.05, 0.1) is 0 Å². The summed E-state index contributed by atoms with van der Waals surface area (Å²) in [4.78, 5) is 13.1. The van der Waals surface area contributed by atoms with Crippen LogP contribution in [0.3, 0.4) is 0 Å². The van der Waals surface area contributed by atoms with Crippen molar-refractivity contribution in [2.45, 2.75) is 6.54 Å². The summed E-state index contributed by atoms with van der Waals surface area (Å²) in [7, 11) is 2.10. The molecule has 25 heavy (non-hydrogen) atoms. The topological polar surface area (TPSA) is 32.3 Å². The molecule has 0 amide bonds. The van der Waals surface area contributed by atoms with Crippen LogP contribution < -0.4 is 4.90 Å². The van der Waals surface area contributed by atoms with E-state index in [9.17, 15) is 4.39 Å². The molecule has 0 aliphatic carbocycles. The number of likely N-dealkylation sites (N-methyl/N-ethyl adjacent to an activating group) is 1. The highest BCUT2D eigenvalue weighted by molar-refractivity contribution is 5.71. The molecule has 0 radical (unpaired) electrons. The van der Waals surface area contributed by atoms with Crippen LogP contribution in [0.4, 0.5) is 15.8 Å². The predicted molar refractivity (Wildman–Crippen MR) is 97.2 cm³/mol. The molecular formula is C20H19FN4. The molecule has 0 fully saturated rings. The maximum atomic E-state index is 13.7. The largest absolute Gasteiger partial charge is 0.340 e. The first-order valence-electron chi connectivity index (χ1n) is 8.33. The fourth-order valence-corrected chi connectivity index (χ4v) is 3.24. The predicted octanol–water partition coefficient (Wildman–Crippen LogP) is 3.87. The van der Waals surface area contributed by atoms with Crippen LogP contribution in [-0.2, 0) is 6.54 Å². The summed E-state index contributed by atoms with van der Waals surface area (Å²) in [6.07, 6.45) is 3.50. The van der Waals surface area contributed by atoms with E-state index in [0.717, 1.165) is 42.4 Å². The highest BCUT2D eigenvalue weighted by Crippen LogP contribution is 2.33. The Balaban J connectivity index is 1.79. The van der Waals surface area contributed by atoms with Crippen molar-refractivity contribution >= 4 is 11.4 Å². The number of rotatable bonds is 2. The third kappa shape index (κ3) is 3.23. The van der Waals surface area contributed by atoms with E-state index in [2.05, 4.69) is 38.9 Å². The van der Waals surface area contributed by atoms with Gasteiger partial charge in [-0.25, -0.2) is 14.4 Å². The lowest BCUT2D eigenvalue weighted by atomic mass is 10.1. The van der Waals surface area contributed by atoms with Crippen molar-refractivity contribution in [3.63, 3.8) is 0 Å². The number of aromatic nitrogens is 2.